The molecule has 118 valence electrons. The number of benzene rings is 1. The predicted octanol–water partition coefficient (Wildman–Crippen LogP) is 4.02. The van der Waals surface area contributed by atoms with Crippen LogP contribution in [0.5, 0.6) is 5.75 Å². The molecule has 0 radical (unpaired) electrons. The van der Waals surface area contributed by atoms with Gasteiger partial charge in [0.25, 0.3) is 5.91 Å². The summed E-state index contributed by atoms with van der Waals surface area (Å²) in [6.07, 6.45) is -0.647. The van der Waals surface area contributed by atoms with Crippen molar-refractivity contribution in [3.63, 3.8) is 0 Å². The minimum absolute atomic E-state index is 0.265. The molecule has 1 N–H and O–H groups in total. The van der Waals surface area contributed by atoms with Crippen molar-refractivity contribution in [2.45, 2.75) is 31.2 Å². The molecule has 0 bridgehead atoms. The maximum atomic E-state index is 12.1. The van der Waals surface area contributed by atoms with Crippen molar-refractivity contribution < 1.29 is 9.53 Å². The van der Waals surface area contributed by atoms with Gasteiger partial charge < -0.3 is 4.74 Å². The Morgan fingerprint density at radius 2 is 2.27 bits per heavy atom. The minimum Gasteiger partial charge on any atom is -0.481 e. The predicted molar refractivity (Wildman–Crippen MR) is 91.2 cm³/mol. The number of hydrogen-bond acceptors (Lipinski definition) is 6. The first-order valence-electron chi connectivity index (χ1n) is 6.69. The molecule has 1 atom stereocenters. The van der Waals surface area contributed by atoms with E-state index in [0.717, 1.165) is 15.7 Å². The van der Waals surface area contributed by atoms with E-state index in [9.17, 15) is 4.79 Å². The summed E-state index contributed by atoms with van der Waals surface area (Å²) in [5.74, 6) is 1.28. The van der Waals surface area contributed by atoms with Gasteiger partial charge in [-0.1, -0.05) is 41.6 Å². The lowest BCUT2D eigenvalue weighted by atomic mass is 10.2. The molecule has 5 nitrogen and oxygen atoms in total. The van der Waals surface area contributed by atoms with Crippen LogP contribution < -0.4 is 10.1 Å². The molecule has 0 aliphatic rings. The molecule has 0 aliphatic heterocycles. The highest BCUT2D eigenvalue weighted by atomic mass is 35.5. The van der Waals surface area contributed by atoms with Gasteiger partial charge in [0, 0.05) is 5.02 Å². The number of carbonyl (C=O) groups is 1. The Labute approximate surface area is 142 Å². The average molecular weight is 358 g/mol. The second-order valence-corrected chi connectivity index (χ2v) is 7.39. The monoisotopic (exact) mass is 357 g/mol. The Hall–Kier alpha value is -1.31. The van der Waals surface area contributed by atoms with Crippen molar-refractivity contribution in [3.05, 3.63) is 28.8 Å². The molecule has 2 aromatic rings. The number of aryl methyl sites for hydroxylation is 1. The number of hydrogen-bond donors (Lipinski definition) is 1. The van der Waals surface area contributed by atoms with Gasteiger partial charge in [-0.05, 0) is 43.4 Å². The van der Waals surface area contributed by atoms with Gasteiger partial charge in [-0.3, -0.25) is 10.1 Å². The number of ether oxygens (including phenoxy) is 1. The van der Waals surface area contributed by atoms with E-state index in [0.29, 0.717) is 15.9 Å². The summed E-state index contributed by atoms with van der Waals surface area (Å²) in [6, 6.07) is 5.27. The number of thioether (sulfide) groups is 1. The van der Waals surface area contributed by atoms with Crippen LogP contribution in [0.2, 0.25) is 5.02 Å². The molecule has 0 fully saturated rings. The van der Waals surface area contributed by atoms with E-state index in [1.165, 1.54) is 11.3 Å². The molecule has 0 saturated carbocycles. The molecule has 1 aromatic heterocycles. The topological polar surface area (TPSA) is 64.1 Å². The third kappa shape index (κ3) is 4.59. The van der Waals surface area contributed by atoms with E-state index < -0.39 is 6.10 Å². The maximum absolute atomic E-state index is 12.1. The van der Waals surface area contributed by atoms with E-state index in [-0.39, 0.29) is 5.91 Å². The molecule has 1 amide bonds. The lowest BCUT2D eigenvalue weighted by molar-refractivity contribution is -0.122. The van der Waals surface area contributed by atoms with Crippen molar-refractivity contribution in [2.75, 3.05) is 11.1 Å². The molecule has 0 aliphatic carbocycles. The fourth-order valence-corrected chi connectivity index (χ4v) is 3.52. The van der Waals surface area contributed by atoms with Gasteiger partial charge in [-0.15, -0.1) is 10.2 Å². The zero-order valence-corrected chi connectivity index (χ0v) is 14.8. The van der Waals surface area contributed by atoms with Crippen molar-refractivity contribution in [1.82, 2.24) is 10.2 Å². The molecular weight excluding hydrogens is 342 g/mol. The number of nitrogens with zero attached hydrogens (tertiary/aromatic N) is 2. The molecule has 8 heteroatoms. The average Bonchev–Trinajstić information content (AvgIpc) is 2.89. The first-order valence-corrected chi connectivity index (χ1v) is 8.87. The zero-order valence-electron chi connectivity index (χ0n) is 12.4. The van der Waals surface area contributed by atoms with Gasteiger partial charge in [0.2, 0.25) is 5.13 Å². The largest absolute Gasteiger partial charge is 0.481 e. The molecule has 0 unspecified atom stereocenters. The van der Waals surface area contributed by atoms with Crippen LogP contribution in [-0.2, 0) is 4.79 Å². The van der Waals surface area contributed by atoms with Crippen LogP contribution in [0.25, 0.3) is 0 Å². The minimum atomic E-state index is -0.647. The van der Waals surface area contributed by atoms with Crippen LogP contribution in [0.4, 0.5) is 5.13 Å². The smallest absolute Gasteiger partial charge is 0.266 e. The normalized spacial score (nSPS) is 12.0. The number of aromatic nitrogens is 2. The first-order chi connectivity index (χ1) is 10.5. The van der Waals surface area contributed by atoms with Crippen LogP contribution in [0.15, 0.2) is 22.5 Å². The summed E-state index contributed by atoms with van der Waals surface area (Å²) < 4.78 is 6.50. The van der Waals surface area contributed by atoms with Gasteiger partial charge in [-0.2, -0.15) is 0 Å². The molecule has 22 heavy (non-hydrogen) atoms. The summed E-state index contributed by atoms with van der Waals surface area (Å²) in [4.78, 5) is 12.1. The SMILES string of the molecule is CCSc1nnc(NC(=O)[C@H](C)Oc2ccc(Cl)cc2C)s1. The highest BCUT2D eigenvalue weighted by molar-refractivity contribution is 8.01. The quantitative estimate of drug-likeness (QED) is 0.625. The van der Waals surface area contributed by atoms with Crippen molar-refractivity contribution in [3.8, 4) is 5.75 Å². The molecule has 1 heterocycles. The molecule has 1 aromatic carbocycles. The maximum Gasteiger partial charge on any atom is 0.266 e. The van der Waals surface area contributed by atoms with Crippen LogP contribution >= 0.6 is 34.7 Å². The fourth-order valence-electron chi connectivity index (χ4n) is 1.64. The highest BCUT2D eigenvalue weighted by Crippen LogP contribution is 2.26. The van der Waals surface area contributed by atoms with Crippen LogP contribution in [0.1, 0.15) is 19.4 Å². The lowest BCUT2D eigenvalue weighted by Gasteiger charge is -2.15. The number of amides is 1. The number of rotatable bonds is 6. The molecular formula is C14H16ClN3O2S2. The van der Waals surface area contributed by atoms with E-state index in [1.807, 2.05) is 13.8 Å². The number of anilines is 1. The van der Waals surface area contributed by atoms with Crippen molar-refractivity contribution in [1.29, 1.82) is 0 Å². The van der Waals surface area contributed by atoms with Crippen molar-refractivity contribution in [2.24, 2.45) is 0 Å². The first kappa shape index (κ1) is 17.1. The second-order valence-electron chi connectivity index (χ2n) is 4.47. The van der Waals surface area contributed by atoms with Crippen molar-refractivity contribution >= 4 is 45.7 Å². The standard InChI is InChI=1S/C14H16ClN3O2S2/c1-4-21-14-18-17-13(22-14)16-12(19)9(3)20-11-6-5-10(15)7-8(11)2/h5-7,9H,4H2,1-3H3,(H,16,17,19)/t9-/m0/s1. The Balaban J connectivity index is 1.96. The third-order valence-corrected chi connectivity index (χ3v) is 4.80. The lowest BCUT2D eigenvalue weighted by Crippen LogP contribution is -2.30. The van der Waals surface area contributed by atoms with Crippen LogP contribution in [0.3, 0.4) is 0 Å². The highest BCUT2D eigenvalue weighted by Gasteiger charge is 2.17. The van der Waals surface area contributed by atoms with Gasteiger partial charge >= 0.3 is 0 Å². The Morgan fingerprint density at radius 1 is 1.50 bits per heavy atom. The van der Waals surface area contributed by atoms with E-state index in [2.05, 4.69) is 15.5 Å². The Kier molecular flexibility index (Phi) is 6.05. The second kappa shape index (κ2) is 7.80. The van der Waals surface area contributed by atoms with Gasteiger partial charge in [0.05, 0.1) is 0 Å². The summed E-state index contributed by atoms with van der Waals surface area (Å²) in [6.45, 7) is 5.60. The number of nitrogens with one attached hydrogen (secondary N) is 1. The Morgan fingerprint density at radius 3 is 2.95 bits per heavy atom. The van der Waals surface area contributed by atoms with E-state index >= 15 is 0 Å². The molecule has 0 saturated heterocycles. The number of halogens is 1. The van der Waals surface area contributed by atoms with Crippen LogP contribution in [0, 0.1) is 6.92 Å². The molecule has 0 spiro atoms. The molecule has 2 rings (SSSR count). The number of carbonyl (C=O) groups excluding carboxylic acids is 1. The van der Waals surface area contributed by atoms with E-state index in [1.54, 1.807) is 36.9 Å². The fraction of sp³-hybridized carbons (Fsp3) is 0.357. The van der Waals surface area contributed by atoms with Crippen LogP contribution in [-0.4, -0.2) is 28.0 Å². The Bertz CT molecular complexity index is 663. The van der Waals surface area contributed by atoms with Gasteiger partial charge in [0.15, 0.2) is 10.4 Å². The van der Waals surface area contributed by atoms with Gasteiger partial charge in [-0.25, -0.2) is 0 Å². The van der Waals surface area contributed by atoms with E-state index in [4.69, 9.17) is 16.3 Å². The summed E-state index contributed by atoms with van der Waals surface area (Å²) in [5.41, 5.74) is 0.879. The summed E-state index contributed by atoms with van der Waals surface area (Å²) >= 11 is 8.84. The van der Waals surface area contributed by atoms with Gasteiger partial charge in [0.1, 0.15) is 5.75 Å². The summed E-state index contributed by atoms with van der Waals surface area (Å²) in [5, 5.41) is 11.7. The summed E-state index contributed by atoms with van der Waals surface area (Å²) in [7, 11) is 0. The zero-order chi connectivity index (χ0) is 16.1. The third-order valence-electron chi connectivity index (χ3n) is 2.71.